The number of hydrogen-bond donors (Lipinski definition) is 0. The SMILES string of the molecule is C1CCSSC1.[S]. The van der Waals surface area contributed by atoms with E-state index >= 15 is 0 Å². The van der Waals surface area contributed by atoms with Gasteiger partial charge in [-0.25, -0.2) is 0 Å². The van der Waals surface area contributed by atoms with Crippen LogP contribution in [0.5, 0.6) is 0 Å². The molecule has 42 valence electrons. The minimum absolute atomic E-state index is 0. The van der Waals surface area contributed by atoms with Gasteiger partial charge in [0.25, 0.3) is 0 Å². The second kappa shape index (κ2) is 5.19. The molecular weight excluding hydrogens is 144 g/mol. The highest BCUT2D eigenvalue weighted by Gasteiger charge is 1.96. The van der Waals surface area contributed by atoms with Crippen LogP contribution in [0.4, 0.5) is 0 Å². The standard InChI is InChI=1S/C4H8S2.S/c1-2-4-6-5-3-1;/h1-4H2;. The second-order valence-corrected chi connectivity index (χ2v) is 4.05. The normalized spacial score (nSPS) is 20.6. The molecule has 0 N–H and O–H groups in total. The fourth-order valence-corrected chi connectivity index (χ4v) is 2.73. The molecule has 1 aliphatic heterocycles. The molecule has 0 amide bonds. The van der Waals surface area contributed by atoms with Crippen LogP contribution in [0, 0.1) is 0 Å². The summed E-state index contributed by atoms with van der Waals surface area (Å²) >= 11 is 0. The van der Waals surface area contributed by atoms with Gasteiger partial charge in [0, 0.05) is 25.0 Å². The fourth-order valence-electron chi connectivity index (χ4n) is 0.440. The van der Waals surface area contributed by atoms with E-state index in [2.05, 4.69) is 0 Å². The fraction of sp³-hybridized carbons (Fsp3) is 1.00. The maximum absolute atomic E-state index is 2.01. The largest absolute Gasteiger partial charge is 0.0942 e. The van der Waals surface area contributed by atoms with Crippen LogP contribution in [0.25, 0.3) is 0 Å². The summed E-state index contributed by atoms with van der Waals surface area (Å²) < 4.78 is 0. The molecule has 2 radical (unpaired) electrons. The third-order valence-corrected chi connectivity index (χ3v) is 3.37. The molecule has 1 saturated heterocycles. The quantitative estimate of drug-likeness (QED) is 0.490. The molecule has 0 saturated carbocycles. The van der Waals surface area contributed by atoms with Gasteiger partial charge >= 0.3 is 0 Å². The lowest BCUT2D eigenvalue weighted by Gasteiger charge is -2.04. The Balaban J connectivity index is 0.000000360. The molecule has 1 aliphatic rings. The Morgan fingerprint density at radius 1 is 0.857 bits per heavy atom. The second-order valence-electron chi connectivity index (χ2n) is 1.35. The minimum atomic E-state index is 0. The van der Waals surface area contributed by atoms with Crippen molar-refractivity contribution in [2.75, 3.05) is 11.5 Å². The maximum atomic E-state index is 2.01. The van der Waals surface area contributed by atoms with Crippen LogP contribution in [0.1, 0.15) is 12.8 Å². The smallest absolute Gasteiger partial charge is 0.00372 e. The van der Waals surface area contributed by atoms with Gasteiger partial charge in [-0.05, 0) is 12.8 Å². The summed E-state index contributed by atoms with van der Waals surface area (Å²) in [6.07, 6.45) is 2.88. The lowest BCUT2D eigenvalue weighted by Crippen LogP contribution is -1.86. The van der Waals surface area contributed by atoms with Crippen molar-refractivity contribution in [3.8, 4) is 0 Å². The van der Waals surface area contributed by atoms with Crippen LogP contribution in [0.3, 0.4) is 0 Å². The van der Waals surface area contributed by atoms with E-state index in [1.807, 2.05) is 21.6 Å². The molecular formula is C4H8S3. The summed E-state index contributed by atoms with van der Waals surface area (Å²) in [6.45, 7) is 0. The molecule has 0 aliphatic carbocycles. The molecule has 0 nitrogen and oxygen atoms in total. The van der Waals surface area contributed by atoms with Crippen LogP contribution in [-0.2, 0) is 0 Å². The molecule has 0 atom stereocenters. The Labute approximate surface area is 59.7 Å². The Hall–Kier alpha value is 1.05. The van der Waals surface area contributed by atoms with Gasteiger partial charge in [0.05, 0.1) is 0 Å². The molecule has 0 aromatic heterocycles. The van der Waals surface area contributed by atoms with E-state index in [-0.39, 0.29) is 13.5 Å². The van der Waals surface area contributed by atoms with Crippen molar-refractivity contribution in [1.29, 1.82) is 0 Å². The highest BCUT2D eigenvalue weighted by Crippen LogP contribution is 2.28. The zero-order valence-electron chi connectivity index (χ0n) is 4.05. The monoisotopic (exact) mass is 152 g/mol. The summed E-state index contributed by atoms with van der Waals surface area (Å²) in [5.41, 5.74) is 0. The highest BCUT2D eigenvalue weighted by atomic mass is 33.1. The van der Waals surface area contributed by atoms with Gasteiger partial charge in [-0.15, -0.1) is 0 Å². The van der Waals surface area contributed by atoms with Crippen molar-refractivity contribution >= 4 is 35.1 Å². The van der Waals surface area contributed by atoms with Gasteiger partial charge in [0.1, 0.15) is 0 Å². The van der Waals surface area contributed by atoms with E-state index < -0.39 is 0 Å². The summed E-state index contributed by atoms with van der Waals surface area (Å²) in [5, 5.41) is 0. The number of rotatable bonds is 0. The third-order valence-electron chi connectivity index (χ3n) is 0.789. The van der Waals surface area contributed by atoms with Crippen LogP contribution in [0.2, 0.25) is 0 Å². The summed E-state index contributed by atoms with van der Waals surface area (Å²) in [5.74, 6) is 2.76. The molecule has 0 unspecified atom stereocenters. The first-order valence-corrected chi connectivity index (χ1v) is 4.73. The van der Waals surface area contributed by atoms with Gasteiger partial charge in [-0.2, -0.15) is 0 Å². The Bertz CT molecular complexity index is 22.4. The van der Waals surface area contributed by atoms with Crippen LogP contribution >= 0.6 is 35.1 Å². The molecule has 0 bridgehead atoms. The van der Waals surface area contributed by atoms with Crippen LogP contribution in [0.15, 0.2) is 0 Å². The van der Waals surface area contributed by atoms with Crippen molar-refractivity contribution in [1.82, 2.24) is 0 Å². The highest BCUT2D eigenvalue weighted by molar-refractivity contribution is 8.76. The Morgan fingerprint density at radius 2 is 1.29 bits per heavy atom. The first-order valence-electron chi connectivity index (χ1n) is 2.24. The van der Waals surface area contributed by atoms with Gasteiger partial charge in [-0.1, -0.05) is 21.6 Å². The van der Waals surface area contributed by atoms with Crippen molar-refractivity contribution in [3.63, 3.8) is 0 Å². The van der Waals surface area contributed by atoms with Gasteiger partial charge < -0.3 is 0 Å². The van der Waals surface area contributed by atoms with E-state index in [1.165, 1.54) is 24.3 Å². The molecule has 1 rings (SSSR count). The third kappa shape index (κ3) is 3.62. The van der Waals surface area contributed by atoms with Crippen LogP contribution in [-0.4, -0.2) is 11.5 Å². The zero-order chi connectivity index (χ0) is 4.24. The average Bonchev–Trinajstić information content (AvgIpc) is 1.72. The van der Waals surface area contributed by atoms with Crippen molar-refractivity contribution in [3.05, 3.63) is 0 Å². The summed E-state index contributed by atoms with van der Waals surface area (Å²) in [4.78, 5) is 0. The predicted molar refractivity (Wildman–Crippen MR) is 41.7 cm³/mol. The topological polar surface area (TPSA) is 0 Å². The molecule has 0 aromatic carbocycles. The molecule has 7 heavy (non-hydrogen) atoms. The lowest BCUT2D eigenvalue weighted by molar-refractivity contribution is 0.906. The molecule has 1 fully saturated rings. The van der Waals surface area contributed by atoms with Crippen molar-refractivity contribution in [2.24, 2.45) is 0 Å². The molecule has 0 spiro atoms. The van der Waals surface area contributed by atoms with Crippen molar-refractivity contribution < 1.29 is 0 Å². The Morgan fingerprint density at radius 3 is 1.43 bits per heavy atom. The van der Waals surface area contributed by atoms with E-state index in [4.69, 9.17) is 0 Å². The van der Waals surface area contributed by atoms with E-state index in [0.717, 1.165) is 0 Å². The van der Waals surface area contributed by atoms with Gasteiger partial charge in [0.2, 0.25) is 0 Å². The predicted octanol–water partition coefficient (Wildman–Crippen LogP) is 2.81. The zero-order valence-corrected chi connectivity index (χ0v) is 6.50. The molecule has 3 heteroatoms. The van der Waals surface area contributed by atoms with E-state index in [1.54, 1.807) is 0 Å². The first-order chi connectivity index (χ1) is 3.00. The lowest BCUT2D eigenvalue weighted by atomic mass is 10.4. The van der Waals surface area contributed by atoms with Gasteiger partial charge in [0.15, 0.2) is 0 Å². The average molecular weight is 152 g/mol. The molecule has 0 aromatic rings. The summed E-state index contributed by atoms with van der Waals surface area (Å²) in [7, 11) is 4.02. The Kier molecular flexibility index (Phi) is 5.97. The van der Waals surface area contributed by atoms with Gasteiger partial charge in [-0.3, -0.25) is 0 Å². The first kappa shape index (κ1) is 8.05. The van der Waals surface area contributed by atoms with E-state index in [9.17, 15) is 0 Å². The summed E-state index contributed by atoms with van der Waals surface area (Å²) in [6, 6.07) is 0. The van der Waals surface area contributed by atoms with E-state index in [0.29, 0.717) is 0 Å². The van der Waals surface area contributed by atoms with Crippen LogP contribution < -0.4 is 0 Å². The molecule has 1 heterocycles. The van der Waals surface area contributed by atoms with Crippen molar-refractivity contribution in [2.45, 2.75) is 12.8 Å². The maximum Gasteiger partial charge on any atom is 0.00372 e. The minimum Gasteiger partial charge on any atom is -0.0942 e. The number of hydrogen-bond acceptors (Lipinski definition) is 2.